The zero-order chi connectivity index (χ0) is 18.1. The summed E-state index contributed by atoms with van der Waals surface area (Å²) in [4.78, 5) is 15.7. The van der Waals surface area contributed by atoms with Gasteiger partial charge in [-0.25, -0.2) is 9.97 Å². The average Bonchev–Trinajstić information content (AvgIpc) is 3.05. The second-order valence-corrected chi connectivity index (χ2v) is 7.68. The maximum absolute atomic E-state index is 13.7. The summed E-state index contributed by atoms with van der Waals surface area (Å²) < 4.78 is -0.366. The lowest BCUT2D eigenvalue weighted by Crippen LogP contribution is -2.47. The highest BCUT2D eigenvalue weighted by Crippen LogP contribution is 2.35. The molecule has 0 bridgehead atoms. The fourth-order valence-corrected chi connectivity index (χ4v) is 4.24. The smallest absolute Gasteiger partial charge is 0.189 e. The number of nitrogens with zero attached hydrogens (tertiary/aromatic N) is 6. The first kappa shape index (κ1) is 17.2. The molecule has 8 heteroatoms. The van der Waals surface area contributed by atoms with Crippen LogP contribution in [0.3, 0.4) is 0 Å². The van der Waals surface area contributed by atoms with E-state index in [1.807, 2.05) is 12.5 Å². The molecule has 26 heavy (non-hydrogen) atoms. The van der Waals surface area contributed by atoms with E-state index in [9.17, 15) is 5.21 Å². The molecule has 0 amide bonds. The fraction of sp³-hybridized carbons (Fsp3) is 0.444. The summed E-state index contributed by atoms with van der Waals surface area (Å²) in [5.74, 6) is 0.926. The van der Waals surface area contributed by atoms with E-state index < -0.39 is 0 Å². The number of anilines is 1. The molecule has 134 valence electrons. The lowest BCUT2D eigenvalue weighted by atomic mass is 10.2. The minimum absolute atomic E-state index is 0.205. The van der Waals surface area contributed by atoms with Crippen LogP contribution in [0.2, 0.25) is 0 Å². The summed E-state index contributed by atoms with van der Waals surface area (Å²) in [6, 6.07) is 5.76. The third-order valence-electron chi connectivity index (χ3n) is 5.06. The van der Waals surface area contributed by atoms with Crippen LogP contribution in [0.15, 0.2) is 29.7 Å². The topological polar surface area (TPSA) is 88.8 Å². The van der Waals surface area contributed by atoms with Crippen molar-refractivity contribution in [1.82, 2.24) is 15.0 Å². The third kappa shape index (κ3) is 3.26. The molecule has 1 saturated heterocycles. The zero-order valence-electron chi connectivity index (χ0n) is 14.6. The van der Waals surface area contributed by atoms with Crippen molar-refractivity contribution < 1.29 is 4.65 Å². The first-order chi connectivity index (χ1) is 12.6. The maximum Gasteiger partial charge on any atom is 0.189 e. The van der Waals surface area contributed by atoms with Gasteiger partial charge in [0.2, 0.25) is 0 Å². The van der Waals surface area contributed by atoms with E-state index in [0.29, 0.717) is 30.9 Å². The molecule has 4 heterocycles. The Hall–Kier alpha value is -2.21. The van der Waals surface area contributed by atoms with Gasteiger partial charge in [-0.1, -0.05) is 11.8 Å². The monoisotopic (exact) mass is 368 g/mol. The molecule has 7 nitrogen and oxygen atoms in total. The first-order valence-electron chi connectivity index (χ1n) is 8.69. The lowest BCUT2D eigenvalue weighted by molar-refractivity contribution is -0.907. The van der Waals surface area contributed by atoms with Gasteiger partial charge in [-0.15, -0.1) is 0 Å². The van der Waals surface area contributed by atoms with Crippen molar-refractivity contribution in [2.75, 3.05) is 24.2 Å². The molecule has 1 fully saturated rings. The van der Waals surface area contributed by atoms with E-state index in [1.165, 1.54) is 18.0 Å². The summed E-state index contributed by atoms with van der Waals surface area (Å²) in [5.41, 5.74) is 2.14. The van der Waals surface area contributed by atoms with Gasteiger partial charge in [0, 0.05) is 18.9 Å². The number of thioether (sulfide) groups is 1. The van der Waals surface area contributed by atoms with Gasteiger partial charge in [0.15, 0.2) is 5.16 Å². The Morgan fingerprint density at radius 1 is 1.38 bits per heavy atom. The van der Waals surface area contributed by atoms with E-state index >= 15 is 0 Å². The van der Waals surface area contributed by atoms with Crippen molar-refractivity contribution in [3.8, 4) is 6.07 Å². The standard InChI is InChI=1S/C18H20N6OS/c1-26-18-21-9-14-10-24(25,11-15-5-4-13(7-19)8-20-15)12-16-3-2-6-23(16)17(14)22-18/h4-5,8-9,16H,2-3,6,10-12H2,1H3. The first-order valence-corrected chi connectivity index (χ1v) is 9.91. The van der Waals surface area contributed by atoms with E-state index in [1.54, 1.807) is 12.1 Å². The molecule has 0 N–H and O–H groups in total. The number of hydroxylamine groups is 3. The number of hydrogen-bond acceptors (Lipinski definition) is 7. The van der Waals surface area contributed by atoms with Gasteiger partial charge >= 0.3 is 0 Å². The fourth-order valence-electron chi connectivity index (χ4n) is 3.90. The minimum Gasteiger partial charge on any atom is -0.632 e. The molecule has 2 aromatic rings. The van der Waals surface area contributed by atoms with Gasteiger partial charge in [0.1, 0.15) is 25.0 Å². The number of fused-ring (bicyclic) bond motifs is 3. The van der Waals surface area contributed by atoms with Gasteiger partial charge in [0.25, 0.3) is 0 Å². The van der Waals surface area contributed by atoms with Gasteiger partial charge in [-0.3, -0.25) is 4.98 Å². The normalized spacial score (nSPS) is 24.5. The van der Waals surface area contributed by atoms with Gasteiger partial charge in [-0.2, -0.15) is 5.26 Å². The average molecular weight is 368 g/mol. The van der Waals surface area contributed by atoms with Gasteiger partial charge < -0.3 is 14.8 Å². The molecular weight excluding hydrogens is 348 g/mol. The van der Waals surface area contributed by atoms with Crippen molar-refractivity contribution in [3.05, 3.63) is 46.6 Å². The molecule has 2 aliphatic rings. The molecule has 0 saturated carbocycles. The molecule has 0 aromatic carbocycles. The number of quaternary nitrogens is 1. The second kappa shape index (κ2) is 6.83. The maximum atomic E-state index is 13.7. The van der Waals surface area contributed by atoms with Crippen molar-refractivity contribution >= 4 is 17.6 Å². The summed E-state index contributed by atoms with van der Waals surface area (Å²) in [5, 5.41) is 23.3. The van der Waals surface area contributed by atoms with Crippen LogP contribution in [0.25, 0.3) is 0 Å². The number of pyridine rings is 1. The Balaban J connectivity index is 1.67. The van der Waals surface area contributed by atoms with Crippen LogP contribution in [0.1, 0.15) is 29.7 Å². The molecule has 2 aromatic heterocycles. The quantitative estimate of drug-likeness (QED) is 0.356. The molecule has 2 aliphatic heterocycles. The van der Waals surface area contributed by atoms with Crippen LogP contribution in [0.5, 0.6) is 0 Å². The second-order valence-electron chi connectivity index (χ2n) is 6.90. The van der Waals surface area contributed by atoms with Gasteiger partial charge in [0.05, 0.1) is 29.4 Å². The third-order valence-corrected chi connectivity index (χ3v) is 5.62. The van der Waals surface area contributed by atoms with Crippen molar-refractivity contribution in [3.63, 3.8) is 0 Å². The van der Waals surface area contributed by atoms with Crippen LogP contribution in [-0.2, 0) is 13.1 Å². The van der Waals surface area contributed by atoms with E-state index in [2.05, 4.69) is 20.9 Å². The predicted molar refractivity (Wildman–Crippen MR) is 99.0 cm³/mol. The van der Waals surface area contributed by atoms with Crippen LogP contribution in [0, 0.1) is 16.5 Å². The number of hydrogen-bond donors (Lipinski definition) is 0. The molecule has 4 rings (SSSR count). The highest BCUT2D eigenvalue weighted by atomic mass is 32.2. The number of rotatable bonds is 3. The van der Waals surface area contributed by atoms with Crippen LogP contribution >= 0.6 is 11.8 Å². The Morgan fingerprint density at radius 3 is 3.00 bits per heavy atom. The van der Waals surface area contributed by atoms with Crippen molar-refractivity contribution in [1.29, 1.82) is 5.26 Å². The number of aromatic nitrogens is 3. The highest BCUT2D eigenvalue weighted by molar-refractivity contribution is 7.98. The lowest BCUT2D eigenvalue weighted by Gasteiger charge is -2.43. The van der Waals surface area contributed by atoms with Crippen molar-refractivity contribution in [2.45, 2.75) is 37.1 Å². The van der Waals surface area contributed by atoms with Crippen LogP contribution in [-0.4, -0.2) is 45.0 Å². The Kier molecular flexibility index (Phi) is 4.53. The van der Waals surface area contributed by atoms with Crippen LogP contribution in [0.4, 0.5) is 5.82 Å². The Labute approximate surface area is 156 Å². The molecule has 2 atom stereocenters. The van der Waals surface area contributed by atoms with Crippen molar-refractivity contribution in [2.24, 2.45) is 0 Å². The Bertz CT molecular complexity index is 852. The SMILES string of the molecule is CSc1ncc2c(n1)N1CCCC1C[N+]([O-])(Cc1ccc(C#N)cn1)C2. The minimum atomic E-state index is -0.366. The summed E-state index contributed by atoms with van der Waals surface area (Å²) in [6.07, 6.45) is 7.40. The van der Waals surface area contributed by atoms with Crippen LogP contribution < -0.4 is 4.90 Å². The molecule has 2 unspecified atom stereocenters. The highest BCUT2D eigenvalue weighted by Gasteiger charge is 2.38. The molecular formula is C18H20N6OS. The Morgan fingerprint density at radius 2 is 2.27 bits per heavy atom. The zero-order valence-corrected chi connectivity index (χ0v) is 15.4. The van der Waals surface area contributed by atoms with Gasteiger partial charge in [-0.05, 0) is 31.2 Å². The van der Waals surface area contributed by atoms with E-state index in [-0.39, 0.29) is 10.7 Å². The summed E-state index contributed by atoms with van der Waals surface area (Å²) >= 11 is 1.52. The molecule has 0 aliphatic carbocycles. The molecule has 0 radical (unpaired) electrons. The summed E-state index contributed by atoms with van der Waals surface area (Å²) in [6.45, 7) is 2.10. The largest absolute Gasteiger partial charge is 0.632 e. The predicted octanol–water partition coefficient (Wildman–Crippen LogP) is 2.46. The molecule has 0 spiro atoms. The number of nitriles is 1. The van der Waals surface area contributed by atoms with E-state index in [0.717, 1.165) is 35.9 Å². The summed E-state index contributed by atoms with van der Waals surface area (Å²) in [7, 11) is 0. The van der Waals surface area contributed by atoms with E-state index in [4.69, 9.17) is 10.2 Å².